The van der Waals surface area contributed by atoms with Crippen LogP contribution in [-0.2, 0) is 0 Å². The summed E-state index contributed by atoms with van der Waals surface area (Å²) in [5, 5.41) is 15.3. The Kier molecular flexibility index (Phi) is 6.21. The van der Waals surface area contributed by atoms with E-state index in [4.69, 9.17) is 0 Å². The minimum atomic E-state index is -0.365. The molecule has 2 atom stereocenters. The Morgan fingerprint density at radius 2 is 1.90 bits per heavy atom. The van der Waals surface area contributed by atoms with Crippen LogP contribution < -0.4 is 10.6 Å². The largest absolute Gasteiger partial charge is 0.393 e. The topological polar surface area (TPSA) is 61.4 Å². The highest BCUT2D eigenvalue weighted by atomic mass is 16.3. The van der Waals surface area contributed by atoms with E-state index < -0.39 is 0 Å². The summed E-state index contributed by atoms with van der Waals surface area (Å²) in [4.78, 5) is 12.0. The second kappa shape index (κ2) is 7.46. The van der Waals surface area contributed by atoms with Crippen molar-refractivity contribution < 1.29 is 9.90 Å². The number of rotatable bonds is 6. The summed E-state index contributed by atoms with van der Waals surface area (Å²) in [7, 11) is 0. The molecule has 4 heteroatoms. The lowest BCUT2D eigenvalue weighted by Crippen LogP contribution is -2.42. The SMILES string of the molecule is Cc1ccccc1[C@H](C)NC(=O)NCC(C)(C)C[C@H](C)O. The zero-order valence-electron chi connectivity index (χ0n) is 13.7. The van der Waals surface area contributed by atoms with E-state index in [1.165, 1.54) is 5.56 Å². The molecule has 0 unspecified atom stereocenters. The van der Waals surface area contributed by atoms with Crippen LogP contribution in [0.25, 0.3) is 0 Å². The zero-order valence-corrected chi connectivity index (χ0v) is 13.7. The Morgan fingerprint density at radius 1 is 1.29 bits per heavy atom. The van der Waals surface area contributed by atoms with Gasteiger partial charge in [-0.25, -0.2) is 4.79 Å². The summed E-state index contributed by atoms with van der Waals surface area (Å²) in [6.45, 7) is 10.4. The fourth-order valence-electron chi connectivity index (χ4n) is 2.59. The minimum Gasteiger partial charge on any atom is -0.393 e. The first-order valence-electron chi connectivity index (χ1n) is 7.49. The van der Waals surface area contributed by atoms with Gasteiger partial charge in [0.1, 0.15) is 0 Å². The van der Waals surface area contributed by atoms with Crippen molar-refractivity contribution in [3.05, 3.63) is 35.4 Å². The van der Waals surface area contributed by atoms with Crippen molar-refractivity contribution in [1.82, 2.24) is 10.6 Å². The number of nitrogens with one attached hydrogen (secondary N) is 2. The molecule has 118 valence electrons. The Bertz CT molecular complexity index is 470. The fraction of sp³-hybridized carbons (Fsp3) is 0.588. The molecule has 1 aromatic carbocycles. The number of urea groups is 1. The molecule has 0 aromatic heterocycles. The van der Waals surface area contributed by atoms with Crippen LogP contribution in [0.2, 0.25) is 0 Å². The van der Waals surface area contributed by atoms with Crippen LogP contribution in [0, 0.1) is 12.3 Å². The number of carbonyl (C=O) groups is 1. The van der Waals surface area contributed by atoms with E-state index in [1.54, 1.807) is 6.92 Å². The van der Waals surface area contributed by atoms with Crippen molar-refractivity contribution in [3.63, 3.8) is 0 Å². The average Bonchev–Trinajstić information content (AvgIpc) is 2.35. The standard InChI is InChI=1S/C17H28N2O2/c1-12-8-6-7-9-15(12)14(3)19-16(21)18-11-17(4,5)10-13(2)20/h6-9,13-14,20H,10-11H2,1-5H3,(H2,18,19,21)/t13-,14-/m0/s1. The first-order valence-corrected chi connectivity index (χ1v) is 7.49. The number of carbonyl (C=O) groups excluding carboxylic acids is 1. The monoisotopic (exact) mass is 292 g/mol. The van der Waals surface area contributed by atoms with Gasteiger partial charge in [-0.05, 0) is 43.7 Å². The van der Waals surface area contributed by atoms with Crippen molar-refractivity contribution in [2.45, 2.75) is 53.2 Å². The molecule has 0 fully saturated rings. The smallest absolute Gasteiger partial charge is 0.315 e. The molecule has 0 radical (unpaired) electrons. The summed E-state index contributed by atoms with van der Waals surface area (Å²) < 4.78 is 0. The third-order valence-electron chi connectivity index (χ3n) is 3.58. The maximum absolute atomic E-state index is 12.0. The number of benzene rings is 1. The van der Waals surface area contributed by atoms with Crippen LogP contribution in [0.5, 0.6) is 0 Å². The lowest BCUT2D eigenvalue weighted by atomic mass is 9.87. The van der Waals surface area contributed by atoms with Gasteiger partial charge >= 0.3 is 6.03 Å². The lowest BCUT2D eigenvalue weighted by Gasteiger charge is -2.27. The summed E-state index contributed by atoms with van der Waals surface area (Å²) >= 11 is 0. The van der Waals surface area contributed by atoms with Crippen LogP contribution in [0.1, 0.15) is 51.3 Å². The predicted octanol–water partition coefficient (Wildman–Crippen LogP) is 3.15. The van der Waals surface area contributed by atoms with Crippen molar-refractivity contribution in [1.29, 1.82) is 0 Å². The molecule has 21 heavy (non-hydrogen) atoms. The van der Waals surface area contributed by atoms with Gasteiger partial charge in [-0.15, -0.1) is 0 Å². The molecule has 0 aliphatic heterocycles. The fourth-order valence-corrected chi connectivity index (χ4v) is 2.59. The minimum absolute atomic E-state index is 0.0360. The van der Waals surface area contributed by atoms with Crippen LogP contribution in [0.15, 0.2) is 24.3 Å². The molecule has 0 aliphatic rings. The third-order valence-corrected chi connectivity index (χ3v) is 3.58. The number of amides is 2. The molecular weight excluding hydrogens is 264 g/mol. The van der Waals surface area contributed by atoms with Crippen LogP contribution in [0.3, 0.4) is 0 Å². The Balaban J connectivity index is 2.49. The van der Waals surface area contributed by atoms with Gasteiger partial charge in [0.15, 0.2) is 0 Å². The van der Waals surface area contributed by atoms with Gasteiger partial charge in [-0.2, -0.15) is 0 Å². The van der Waals surface area contributed by atoms with Crippen molar-refractivity contribution in [2.24, 2.45) is 5.41 Å². The first kappa shape index (κ1) is 17.5. The van der Waals surface area contributed by atoms with Gasteiger partial charge in [0.2, 0.25) is 0 Å². The highest BCUT2D eigenvalue weighted by Crippen LogP contribution is 2.21. The molecule has 0 aliphatic carbocycles. The molecular formula is C17H28N2O2. The Hall–Kier alpha value is -1.55. The number of hydrogen-bond acceptors (Lipinski definition) is 2. The Morgan fingerprint density at radius 3 is 2.48 bits per heavy atom. The maximum Gasteiger partial charge on any atom is 0.315 e. The van der Waals surface area contributed by atoms with Crippen molar-refractivity contribution in [2.75, 3.05) is 6.54 Å². The number of hydrogen-bond donors (Lipinski definition) is 3. The highest BCUT2D eigenvalue weighted by Gasteiger charge is 2.21. The molecule has 0 saturated carbocycles. The second-order valence-electron chi connectivity index (χ2n) is 6.62. The molecule has 1 rings (SSSR count). The number of aliphatic hydroxyl groups excluding tert-OH is 1. The van der Waals surface area contributed by atoms with Crippen molar-refractivity contribution >= 4 is 6.03 Å². The molecule has 2 amide bonds. The molecule has 0 saturated heterocycles. The summed E-state index contributed by atoms with van der Waals surface area (Å²) in [5.74, 6) is 0. The number of aryl methyl sites for hydroxylation is 1. The van der Waals surface area contributed by atoms with Crippen LogP contribution in [-0.4, -0.2) is 23.8 Å². The Labute approximate surface area is 128 Å². The quantitative estimate of drug-likeness (QED) is 0.754. The van der Waals surface area contributed by atoms with Gasteiger partial charge in [0.25, 0.3) is 0 Å². The van der Waals surface area contributed by atoms with Crippen LogP contribution in [0.4, 0.5) is 4.79 Å². The third kappa shape index (κ3) is 6.17. The molecule has 0 bridgehead atoms. The lowest BCUT2D eigenvalue weighted by molar-refractivity contribution is 0.128. The van der Waals surface area contributed by atoms with E-state index in [2.05, 4.69) is 10.6 Å². The van der Waals surface area contributed by atoms with Gasteiger partial charge in [0.05, 0.1) is 12.1 Å². The average molecular weight is 292 g/mol. The van der Waals surface area contributed by atoms with Gasteiger partial charge < -0.3 is 15.7 Å². The summed E-state index contributed by atoms with van der Waals surface area (Å²) in [6.07, 6.45) is 0.288. The zero-order chi connectivity index (χ0) is 16.0. The first-order chi connectivity index (χ1) is 9.71. The summed E-state index contributed by atoms with van der Waals surface area (Å²) in [6, 6.07) is 7.82. The predicted molar refractivity (Wildman–Crippen MR) is 86.2 cm³/mol. The van der Waals surface area contributed by atoms with E-state index >= 15 is 0 Å². The molecule has 0 spiro atoms. The van der Waals surface area contributed by atoms with E-state index in [9.17, 15) is 9.90 Å². The van der Waals surface area contributed by atoms with Crippen molar-refractivity contribution in [3.8, 4) is 0 Å². The van der Waals surface area contributed by atoms with E-state index in [-0.39, 0.29) is 23.6 Å². The molecule has 0 heterocycles. The second-order valence-corrected chi connectivity index (χ2v) is 6.62. The van der Waals surface area contributed by atoms with Gasteiger partial charge in [-0.3, -0.25) is 0 Å². The van der Waals surface area contributed by atoms with Gasteiger partial charge in [-0.1, -0.05) is 38.1 Å². The highest BCUT2D eigenvalue weighted by molar-refractivity contribution is 5.74. The van der Waals surface area contributed by atoms with Crippen LogP contribution >= 0.6 is 0 Å². The van der Waals surface area contributed by atoms with E-state index in [0.29, 0.717) is 13.0 Å². The van der Waals surface area contributed by atoms with E-state index in [1.807, 2.05) is 52.0 Å². The van der Waals surface area contributed by atoms with Gasteiger partial charge in [0, 0.05) is 6.54 Å². The van der Waals surface area contributed by atoms with E-state index in [0.717, 1.165) is 5.56 Å². The number of aliphatic hydroxyl groups is 1. The molecule has 1 aromatic rings. The normalized spacial score (nSPS) is 14.4. The molecule has 3 N–H and O–H groups in total. The summed E-state index contributed by atoms with van der Waals surface area (Å²) in [5.41, 5.74) is 2.16. The molecule has 4 nitrogen and oxygen atoms in total. The maximum atomic E-state index is 12.0.